The predicted octanol–water partition coefficient (Wildman–Crippen LogP) is 3.62. The van der Waals surface area contributed by atoms with Gasteiger partial charge < -0.3 is 5.73 Å². The molecule has 1 aromatic carbocycles. The number of pyridine rings is 1. The van der Waals surface area contributed by atoms with E-state index in [1.807, 2.05) is 13.0 Å². The maximum absolute atomic E-state index is 6.21. The second-order valence-corrected chi connectivity index (χ2v) is 5.04. The van der Waals surface area contributed by atoms with Gasteiger partial charge in [0.1, 0.15) is 5.52 Å². The highest BCUT2D eigenvalue weighted by atomic mass is 35.5. The van der Waals surface area contributed by atoms with Crippen LogP contribution in [-0.2, 0) is 0 Å². The summed E-state index contributed by atoms with van der Waals surface area (Å²) < 4.78 is 1.70. The number of hydrogen-bond acceptors (Lipinski definition) is 3. The molecule has 0 aliphatic carbocycles. The summed E-state index contributed by atoms with van der Waals surface area (Å²) in [5.74, 6) is 0.334. The number of rotatable bonds is 1. The van der Waals surface area contributed by atoms with Gasteiger partial charge in [-0.25, -0.2) is 9.97 Å². The number of aryl methyl sites for hydroxylation is 1. The average molecular weight is 293 g/mol. The number of hydrogen-bond donors (Lipinski definition) is 1. The van der Waals surface area contributed by atoms with Crippen LogP contribution in [0.15, 0.2) is 30.5 Å². The lowest BCUT2D eigenvalue weighted by atomic mass is 10.2. The summed E-state index contributed by atoms with van der Waals surface area (Å²) in [5.41, 5.74) is 9.09. The molecule has 0 saturated carbocycles. The Kier molecular flexibility index (Phi) is 2.84. The van der Waals surface area contributed by atoms with Crippen molar-refractivity contribution in [1.29, 1.82) is 0 Å². The smallest absolute Gasteiger partial charge is 0.207 e. The highest BCUT2D eigenvalue weighted by Gasteiger charge is 2.15. The number of nitrogens with two attached hydrogens (primary N) is 1. The van der Waals surface area contributed by atoms with E-state index in [9.17, 15) is 0 Å². The first kappa shape index (κ1) is 12.3. The molecule has 0 radical (unpaired) electrons. The van der Waals surface area contributed by atoms with E-state index in [1.54, 1.807) is 29.0 Å². The summed E-state index contributed by atoms with van der Waals surface area (Å²) in [6.45, 7) is 1.96. The van der Waals surface area contributed by atoms with E-state index in [-0.39, 0.29) is 0 Å². The highest BCUT2D eigenvalue weighted by Crippen LogP contribution is 2.30. The van der Waals surface area contributed by atoms with E-state index in [4.69, 9.17) is 28.9 Å². The molecule has 0 fully saturated rings. The van der Waals surface area contributed by atoms with Crippen molar-refractivity contribution >= 4 is 40.3 Å². The van der Waals surface area contributed by atoms with Gasteiger partial charge in [-0.05, 0) is 36.8 Å². The molecule has 0 unspecified atom stereocenters. The molecule has 19 heavy (non-hydrogen) atoms. The second kappa shape index (κ2) is 4.40. The van der Waals surface area contributed by atoms with Crippen LogP contribution in [0.4, 0.5) is 5.95 Å². The lowest BCUT2D eigenvalue weighted by molar-refractivity contribution is 1.08. The standard InChI is InChI=1S/C13H10Cl2N4/c1-7-4-5-17-12-11(7)18-13(16)19(12)10-6-8(14)2-3-9(10)15/h2-6H,1H3,(H2,16,18). The van der Waals surface area contributed by atoms with Crippen LogP contribution >= 0.6 is 23.2 Å². The Morgan fingerprint density at radius 1 is 1.21 bits per heavy atom. The van der Waals surface area contributed by atoms with Crippen LogP contribution in [0.3, 0.4) is 0 Å². The topological polar surface area (TPSA) is 56.7 Å². The molecule has 0 aliphatic rings. The van der Waals surface area contributed by atoms with Crippen molar-refractivity contribution in [2.45, 2.75) is 6.92 Å². The lowest BCUT2D eigenvalue weighted by Crippen LogP contribution is -2.02. The number of halogens is 2. The molecule has 0 bridgehead atoms. The third-order valence-corrected chi connectivity index (χ3v) is 3.48. The number of anilines is 1. The molecule has 0 aliphatic heterocycles. The Morgan fingerprint density at radius 3 is 2.79 bits per heavy atom. The molecule has 96 valence electrons. The number of benzene rings is 1. The summed E-state index contributed by atoms with van der Waals surface area (Å²) in [7, 11) is 0. The van der Waals surface area contributed by atoms with Crippen molar-refractivity contribution in [3.63, 3.8) is 0 Å². The SMILES string of the molecule is Cc1ccnc2c1nc(N)n2-c1cc(Cl)ccc1Cl. The van der Waals surface area contributed by atoms with Crippen LogP contribution < -0.4 is 5.73 Å². The summed E-state index contributed by atoms with van der Waals surface area (Å²) in [5, 5.41) is 1.12. The number of nitrogens with zero attached hydrogens (tertiary/aromatic N) is 3. The van der Waals surface area contributed by atoms with Crippen LogP contribution in [0.25, 0.3) is 16.9 Å². The fourth-order valence-corrected chi connectivity index (χ4v) is 2.37. The van der Waals surface area contributed by atoms with Crippen molar-refractivity contribution in [3.05, 3.63) is 46.1 Å². The van der Waals surface area contributed by atoms with Gasteiger partial charge in [0, 0.05) is 11.2 Å². The number of aromatic nitrogens is 3. The van der Waals surface area contributed by atoms with Crippen LogP contribution in [0.2, 0.25) is 10.0 Å². The molecule has 2 N–H and O–H groups in total. The zero-order valence-electron chi connectivity index (χ0n) is 10.1. The van der Waals surface area contributed by atoms with Gasteiger partial charge in [-0.1, -0.05) is 23.2 Å². The minimum absolute atomic E-state index is 0.334. The zero-order chi connectivity index (χ0) is 13.6. The zero-order valence-corrected chi connectivity index (χ0v) is 11.6. The number of nitrogen functional groups attached to an aromatic ring is 1. The molecule has 6 heteroatoms. The van der Waals surface area contributed by atoms with Gasteiger partial charge in [-0.15, -0.1) is 0 Å². The maximum atomic E-state index is 6.21. The van der Waals surface area contributed by atoms with Gasteiger partial charge in [0.15, 0.2) is 5.65 Å². The van der Waals surface area contributed by atoms with Gasteiger partial charge in [0.25, 0.3) is 0 Å². The lowest BCUT2D eigenvalue weighted by Gasteiger charge is -2.08. The Labute approximate surface area is 119 Å². The molecule has 3 aromatic rings. The molecule has 0 amide bonds. The van der Waals surface area contributed by atoms with Gasteiger partial charge >= 0.3 is 0 Å². The fourth-order valence-electron chi connectivity index (χ4n) is 2.01. The van der Waals surface area contributed by atoms with E-state index >= 15 is 0 Å². The molecule has 0 spiro atoms. The summed E-state index contributed by atoms with van der Waals surface area (Å²) in [6.07, 6.45) is 1.72. The largest absolute Gasteiger partial charge is 0.369 e. The summed E-state index contributed by atoms with van der Waals surface area (Å²) in [6, 6.07) is 7.08. The highest BCUT2D eigenvalue weighted by molar-refractivity contribution is 6.34. The minimum atomic E-state index is 0.334. The van der Waals surface area contributed by atoms with Gasteiger partial charge in [0.05, 0.1) is 10.7 Å². The fraction of sp³-hybridized carbons (Fsp3) is 0.0769. The molecular weight excluding hydrogens is 283 g/mol. The third-order valence-electron chi connectivity index (χ3n) is 2.92. The molecular formula is C13H10Cl2N4. The maximum Gasteiger partial charge on any atom is 0.207 e. The molecule has 2 aromatic heterocycles. The Hall–Kier alpha value is -1.78. The number of fused-ring (bicyclic) bond motifs is 1. The van der Waals surface area contributed by atoms with Gasteiger partial charge in [0.2, 0.25) is 5.95 Å². The van der Waals surface area contributed by atoms with Crippen molar-refractivity contribution in [2.75, 3.05) is 5.73 Å². The van der Waals surface area contributed by atoms with E-state index < -0.39 is 0 Å². The van der Waals surface area contributed by atoms with Gasteiger partial charge in [-0.2, -0.15) is 0 Å². The first-order valence-electron chi connectivity index (χ1n) is 5.63. The third kappa shape index (κ3) is 1.93. The molecule has 2 heterocycles. The average Bonchev–Trinajstić information content (AvgIpc) is 2.70. The molecule has 4 nitrogen and oxygen atoms in total. The van der Waals surface area contributed by atoms with Crippen molar-refractivity contribution in [3.8, 4) is 5.69 Å². The van der Waals surface area contributed by atoms with E-state index in [1.165, 1.54) is 0 Å². The summed E-state index contributed by atoms with van der Waals surface area (Å²) >= 11 is 12.2. The molecule has 0 atom stereocenters. The predicted molar refractivity (Wildman–Crippen MR) is 78.0 cm³/mol. The molecule has 3 rings (SSSR count). The van der Waals surface area contributed by atoms with Gasteiger partial charge in [-0.3, -0.25) is 4.57 Å². The first-order valence-corrected chi connectivity index (χ1v) is 6.38. The normalized spacial score (nSPS) is 11.1. The Bertz CT molecular complexity index is 780. The van der Waals surface area contributed by atoms with Crippen LogP contribution in [0.5, 0.6) is 0 Å². The van der Waals surface area contributed by atoms with Crippen LogP contribution in [0.1, 0.15) is 5.56 Å². The van der Waals surface area contributed by atoms with Crippen LogP contribution in [-0.4, -0.2) is 14.5 Å². The number of imidazole rings is 1. The minimum Gasteiger partial charge on any atom is -0.369 e. The van der Waals surface area contributed by atoms with E-state index in [0.29, 0.717) is 27.3 Å². The molecule has 0 saturated heterocycles. The second-order valence-electron chi connectivity index (χ2n) is 4.20. The Morgan fingerprint density at radius 2 is 2.00 bits per heavy atom. The summed E-state index contributed by atoms with van der Waals surface area (Å²) in [4.78, 5) is 8.67. The monoisotopic (exact) mass is 292 g/mol. The Balaban J connectivity index is 2.39. The van der Waals surface area contributed by atoms with Crippen molar-refractivity contribution < 1.29 is 0 Å². The van der Waals surface area contributed by atoms with Crippen molar-refractivity contribution in [1.82, 2.24) is 14.5 Å². The van der Waals surface area contributed by atoms with E-state index in [2.05, 4.69) is 9.97 Å². The first-order chi connectivity index (χ1) is 9.08. The van der Waals surface area contributed by atoms with Crippen LogP contribution in [0, 0.1) is 6.92 Å². The van der Waals surface area contributed by atoms with E-state index in [0.717, 1.165) is 11.1 Å². The quantitative estimate of drug-likeness (QED) is 0.745. The van der Waals surface area contributed by atoms with Crippen molar-refractivity contribution in [2.24, 2.45) is 0 Å².